The SMILES string of the molecule is CCOc1ccc(N2C(=O)c3ccc(C(=O)OC(C)C(=O)c4ccccc4)cc3C2=O)cc1. The Morgan fingerprint density at radius 3 is 2.18 bits per heavy atom. The number of rotatable bonds is 7. The van der Waals surface area contributed by atoms with Crippen molar-refractivity contribution in [1.82, 2.24) is 0 Å². The summed E-state index contributed by atoms with van der Waals surface area (Å²) in [5.41, 5.74) is 1.20. The van der Waals surface area contributed by atoms with Crippen LogP contribution in [0.4, 0.5) is 5.69 Å². The van der Waals surface area contributed by atoms with Gasteiger partial charge in [0.1, 0.15) is 5.75 Å². The van der Waals surface area contributed by atoms with Crippen molar-refractivity contribution in [3.8, 4) is 5.75 Å². The molecule has 0 fully saturated rings. The molecule has 166 valence electrons. The van der Waals surface area contributed by atoms with Crippen LogP contribution < -0.4 is 9.64 Å². The molecule has 4 rings (SSSR count). The number of hydrogen-bond acceptors (Lipinski definition) is 6. The van der Waals surface area contributed by atoms with Gasteiger partial charge in [-0.25, -0.2) is 9.69 Å². The molecule has 2 amide bonds. The average molecular weight is 443 g/mol. The highest BCUT2D eigenvalue weighted by atomic mass is 16.5. The fourth-order valence-electron chi connectivity index (χ4n) is 3.58. The topological polar surface area (TPSA) is 90.0 Å². The summed E-state index contributed by atoms with van der Waals surface area (Å²) in [6, 6.07) is 19.3. The molecule has 3 aromatic carbocycles. The van der Waals surface area contributed by atoms with Crippen LogP contribution in [0.5, 0.6) is 5.75 Å². The van der Waals surface area contributed by atoms with Crippen molar-refractivity contribution in [3.05, 3.63) is 95.1 Å². The lowest BCUT2D eigenvalue weighted by Gasteiger charge is -2.14. The zero-order chi connectivity index (χ0) is 23.5. The maximum absolute atomic E-state index is 13.0. The minimum atomic E-state index is -1.01. The van der Waals surface area contributed by atoms with Crippen LogP contribution in [-0.2, 0) is 4.74 Å². The summed E-state index contributed by atoms with van der Waals surface area (Å²) in [6.45, 7) is 3.85. The summed E-state index contributed by atoms with van der Waals surface area (Å²) < 4.78 is 10.7. The monoisotopic (exact) mass is 443 g/mol. The van der Waals surface area contributed by atoms with Crippen molar-refractivity contribution in [3.63, 3.8) is 0 Å². The first kappa shape index (κ1) is 22.0. The maximum Gasteiger partial charge on any atom is 0.338 e. The Hall–Kier alpha value is -4.26. The number of amides is 2. The molecule has 3 aromatic rings. The fourth-order valence-corrected chi connectivity index (χ4v) is 3.58. The molecule has 7 nitrogen and oxygen atoms in total. The van der Waals surface area contributed by atoms with Crippen LogP contribution in [0.1, 0.15) is 55.3 Å². The summed E-state index contributed by atoms with van der Waals surface area (Å²) in [5.74, 6) is -1.48. The third-order valence-electron chi connectivity index (χ3n) is 5.24. The van der Waals surface area contributed by atoms with Crippen LogP contribution >= 0.6 is 0 Å². The Balaban J connectivity index is 1.52. The van der Waals surface area contributed by atoms with Crippen LogP contribution in [0.25, 0.3) is 0 Å². The normalized spacial score (nSPS) is 13.5. The molecule has 0 radical (unpaired) electrons. The van der Waals surface area contributed by atoms with E-state index in [1.54, 1.807) is 54.6 Å². The van der Waals surface area contributed by atoms with Gasteiger partial charge >= 0.3 is 5.97 Å². The molecule has 7 heteroatoms. The van der Waals surface area contributed by atoms with Gasteiger partial charge in [0.2, 0.25) is 5.78 Å². The third-order valence-corrected chi connectivity index (χ3v) is 5.24. The highest BCUT2D eigenvalue weighted by Crippen LogP contribution is 2.30. The second-order valence-electron chi connectivity index (χ2n) is 7.41. The van der Waals surface area contributed by atoms with E-state index in [-0.39, 0.29) is 22.5 Å². The van der Waals surface area contributed by atoms with E-state index in [4.69, 9.17) is 9.47 Å². The number of carbonyl (C=O) groups is 4. The minimum absolute atomic E-state index is 0.0798. The second-order valence-corrected chi connectivity index (χ2v) is 7.41. The number of carbonyl (C=O) groups excluding carboxylic acids is 4. The Morgan fingerprint density at radius 1 is 0.848 bits per heavy atom. The van der Waals surface area contributed by atoms with Crippen LogP contribution in [-0.4, -0.2) is 36.3 Å². The van der Waals surface area contributed by atoms with Gasteiger partial charge in [0.15, 0.2) is 6.10 Å². The Bertz CT molecular complexity index is 1230. The van der Waals surface area contributed by atoms with Crippen LogP contribution in [0.3, 0.4) is 0 Å². The summed E-state index contributed by atoms with van der Waals surface area (Å²) in [6.07, 6.45) is -1.01. The number of benzene rings is 3. The van der Waals surface area contributed by atoms with Crippen LogP contribution in [0, 0.1) is 0 Å². The first-order valence-corrected chi connectivity index (χ1v) is 10.5. The zero-order valence-electron chi connectivity index (χ0n) is 18.1. The predicted molar refractivity (Wildman–Crippen MR) is 121 cm³/mol. The highest BCUT2D eigenvalue weighted by Gasteiger charge is 2.37. The molecule has 0 aliphatic carbocycles. The molecule has 0 saturated heterocycles. The number of fused-ring (bicyclic) bond motifs is 1. The van der Waals surface area contributed by atoms with Gasteiger partial charge in [-0.3, -0.25) is 14.4 Å². The van der Waals surface area contributed by atoms with Gasteiger partial charge in [0, 0.05) is 5.56 Å². The summed E-state index contributed by atoms with van der Waals surface area (Å²) in [4.78, 5) is 52.0. The number of Topliss-reactive ketones (excluding diaryl/α,β-unsaturated/α-hetero) is 1. The third kappa shape index (κ3) is 4.25. The number of anilines is 1. The quantitative estimate of drug-likeness (QED) is 0.307. The summed E-state index contributed by atoms with van der Waals surface area (Å²) in [5, 5.41) is 0. The first-order valence-electron chi connectivity index (χ1n) is 10.5. The minimum Gasteiger partial charge on any atom is -0.494 e. The standard InChI is InChI=1S/C26H21NO6/c1-3-32-20-12-10-19(11-13-20)27-24(29)21-14-9-18(15-22(21)25(27)30)26(31)33-16(2)23(28)17-7-5-4-6-8-17/h4-16H,3H2,1-2H3. The van der Waals surface area contributed by atoms with Crippen molar-refractivity contribution in [2.45, 2.75) is 20.0 Å². The molecule has 1 aliphatic rings. The van der Waals surface area contributed by atoms with Crippen molar-refractivity contribution in [2.24, 2.45) is 0 Å². The average Bonchev–Trinajstić information content (AvgIpc) is 3.09. The van der Waals surface area contributed by atoms with E-state index in [9.17, 15) is 19.2 Å². The largest absolute Gasteiger partial charge is 0.494 e. The number of esters is 1. The van der Waals surface area contributed by atoms with Crippen molar-refractivity contribution in [1.29, 1.82) is 0 Å². The molecule has 1 heterocycles. The molecule has 0 spiro atoms. The number of ether oxygens (including phenoxy) is 2. The Kier molecular flexibility index (Phi) is 6.04. The van der Waals surface area contributed by atoms with Gasteiger partial charge in [0.25, 0.3) is 11.8 Å². The van der Waals surface area contributed by atoms with E-state index in [0.29, 0.717) is 23.6 Å². The molecule has 0 bridgehead atoms. The summed E-state index contributed by atoms with van der Waals surface area (Å²) in [7, 11) is 0. The number of ketones is 1. The fraction of sp³-hybridized carbons (Fsp3) is 0.154. The van der Waals surface area contributed by atoms with Gasteiger partial charge in [-0.1, -0.05) is 30.3 Å². The second kappa shape index (κ2) is 9.08. The zero-order valence-corrected chi connectivity index (χ0v) is 18.1. The molecular formula is C26H21NO6. The van der Waals surface area contributed by atoms with E-state index < -0.39 is 23.9 Å². The predicted octanol–water partition coefficient (Wildman–Crippen LogP) is 4.31. The first-order chi connectivity index (χ1) is 15.9. The lowest BCUT2D eigenvalue weighted by atomic mass is 10.1. The van der Waals surface area contributed by atoms with E-state index in [0.717, 1.165) is 4.90 Å². The molecular weight excluding hydrogens is 422 g/mol. The number of nitrogens with zero attached hydrogens (tertiary/aromatic N) is 1. The number of hydrogen-bond donors (Lipinski definition) is 0. The van der Waals surface area contributed by atoms with E-state index >= 15 is 0 Å². The van der Waals surface area contributed by atoms with Crippen molar-refractivity contribution in [2.75, 3.05) is 11.5 Å². The lowest BCUT2D eigenvalue weighted by Crippen LogP contribution is -2.29. The smallest absolute Gasteiger partial charge is 0.338 e. The van der Waals surface area contributed by atoms with Gasteiger partial charge in [-0.05, 0) is 56.3 Å². The van der Waals surface area contributed by atoms with Gasteiger partial charge in [0.05, 0.1) is 29.0 Å². The lowest BCUT2D eigenvalue weighted by molar-refractivity contribution is 0.0318. The van der Waals surface area contributed by atoms with Gasteiger partial charge in [-0.15, -0.1) is 0 Å². The van der Waals surface area contributed by atoms with E-state index in [1.165, 1.54) is 25.1 Å². The van der Waals surface area contributed by atoms with Crippen molar-refractivity contribution >= 4 is 29.3 Å². The molecule has 1 atom stereocenters. The highest BCUT2D eigenvalue weighted by molar-refractivity contribution is 6.34. The molecule has 33 heavy (non-hydrogen) atoms. The molecule has 1 aliphatic heterocycles. The maximum atomic E-state index is 13.0. The Labute approximate surface area is 190 Å². The summed E-state index contributed by atoms with van der Waals surface area (Å²) >= 11 is 0. The van der Waals surface area contributed by atoms with Gasteiger partial charge < -0.3 is 9.47 Å². The molecule has 0 aromatic heterocycles. The van der Waals surface area contributed by atoms with Crippen molar-refractivity contribution < 1.29 is 28.7 Å². The van der Waals surface area contributed by atoms with Crippen LogP contribution in [0.2, 0.25) is 0 Å². The van der Waals surface area contributed by atoms with E-state index in [1.807, 2.05) is 6.92 Å². The molecule has 1 unspecified atom stereocenters. The molecule has 0 N–H and O–H groups in total. The van der Waals surface area contributed by atoms with Crippen LogP contribution in [0.15, 0.2) is 72.8 Å². The number of imide groups is 1. The molecule has 0 saturated carbocycles. The van der Waals surface area contributed by atoms with E-state index in [2.05, 4.69) is 0 Å². The van der Waals surface area contributed by atoms with Gasteiger partial charge in [-0.2, -0.15) is 0 Å². The Morgan fingerprint density at radius 2 is 1.52 bits per heavy atom.